The summed E-state index contributed by atoms with van der Waals surface area (Å²) in [6.45, 7) is 1.83. The highest BCUT2D eigenvalue weighted by Gasteiger charge is 2.25. The number of nitrogens with zero attached hydrogens (tertiary/aromatic N) is 1. The van der Waals surface area contributed by atoms with Crippen molar-refractivity contribution in [3.63, 3.8) is 0 Å². The largest absolute Gasteiger partial charge is 0.465 e. The van der Waals surface area contributed by atoms with Crippen LogP contribution in [0.3, 0.4) is 0 Å². The molecule has 3 aromatic rings. The van der Waals surface area contributed by atoms with Gasteiger partial charge >= 0.3 is 5.97 Å². The summed E-state index contributed by atoms with van der Waals surface area (Å²) in [5.74, 6) is -1.09. The molecule has 0 atom stereocenters. The first-order valence-corrected chi connectivity index (χ1v) is 9.54. The number of thiophene rings is 1. The lowest BCUT2D eigenvalue weighted by atomic mass is 10.0. The Morgan fingerprint density at radius 3 is 2.45 bits per heavy atom. The van der Waals surface area contributed by atoms with Gasteiger partial charge in [-0.15, -0.1) is 11.3 Å². The van der Waals surface area contributed by atoms with Crippen molar-refractivity contribution < 1.29 is 19.2 Å². The van der Waals surface area contributed by atoms with Gasteiger partial charge in [-0.1, -0.05) is 23.7 Å². The number of non-ortho nitro benzene ring substituents is 1. The van der Waals surface area contributed by atoms with E-state index in [0.29, 0.717) is 15.6 Å². The van der Waals surface area contributed by atoms with Crippen LogP contribution in [0.2, 0.25) is 5.02 Å². The lowest BCUT2D eigenvalue weighted by Crippen LogP contribution is -2.14. The molecule has 0 fully saturated rings. The molecule has 0 saturated carbocycles. The van der Waals surface area contributed by atoms with E-state index in [9.17, 15) is 19.7 Å². The van der Waals surface area contributed by atoms with Crippen LogP contribution in [0.5, 0.6) is 0 Å². The third kappa shape index (κ3) is 4.28. The van der Waals surface area contributed by atoms with Crippen LogP contribution in [0, 0.1) is 17.0 Å². The van der Waals surface area contributed by atoms with E-state index in [-0.39, 0.29) is 16.8 Å². The predicted octanol–water partition coefficient (Wildman–Crippen LogP) is 5.32. The predicted molar refractivity (Wildman–Crippen MR) is 112 cm³/mol. The molecule has 148 valence electrons. The summed E-state index contributed by atoms with van der Waals surface area (Å²) in [5, 5.41) is 14.3. The summed E-state index contributed by atoms with van der Waals surface area (Å²) in [6, 6.07) is 12.2. The molecule has 0 saturated heterocycles. The zero-order chi connectivity index (χ0) is 21.1. The van der Waals surface area contributed by atoms with E-state index in [1.54, 1.807) is 18.2 Å². The zero-order valence-corrected chi connectivity index (χ0v) is 17.0. The number of hydrogen-bond donors (Lipinski definition) is 1. The highest BCUT2D eigenvalue weighted by molar-refractivity contribution is 7.17. The van der Waals surface area contributed by atoms with Gasteiger partial charge in [0.15, 0.2) is 0 Å². The van der Waals surface area contributed by atoms with Crippen molar-refractivity contribution in [2.45, 2.75) is 6.92 Å². The fraction of sp³-hybridized carbons (Fsp3) is 0.100. The average molecular weight is 431 g/mol. The second-order valence-corrected chi connectivity index (χ2v) is 7.66. The second kappa shape index (κ2) is 8.42. The van der Waals surface area contributed by atoms with Crippen LogP contribution in [0.4, 0.5) is 10.7 Å². The van der Waals surface area contributed by atoms with Gasteiger partial charge < -0.3 is 10.1 Å². The molecule has 0 unspecified atom stereocenters. The molecular weight excluding hydrogens is 416 g/mol. The molecule has 0 bridgehead atoms. The molecule has 0 radical (unpaired) electrons. The van der Waals surface area contributed by atoms with Crippen LogP contribution in [0.15, 0.2) is 48.5 Å². The third-order valence-electron chi connectivity index (χ3n) is 4.15. The SMILES string of the molecule is COC(=O)c1c(NC(=O)c2ccc([N+](=O)[O-])cc2)sc(C)c1-c1cccc(Cl)c1. The Balaban J connectivity index is 2.01. The van der Waals surface area contributed by atoms with E-state index in [1.807, 2.05) is 13.0 Å². The minimum atomic E-state index is -0.594. The highest BCUT2D eigenvalue weighted by Crippen LogP contribution is 2.41. The van der Waals surface area contributed by atoms with E-state index < -0.39 is 16.8 Å². The van der Waals surface area contributed by atoms with Crippen molar-refractivity contribution in [1.29, 1.82) is 0 Å². The number of carbonyl (C=O) groups is 2. The third-order valence-corrected chi connectivity index (χ3v) is 5.41. The number of hydrogen-bond acceptors (Lipinski definition) is 6. The van der Waals surface area contributed by atoms with Crippen molar-refractivity contribution >= 4 is 45.5 Å². The normalized spacial score (nSPS) is 10.4. The Bertz CT molecular complexity index is 1110. The topological polar surface area (TPSA) is 98.5 Å². The molecule has 1 aromatic heterocycles. The van der Waals surface area contributed by atoms with Gasteiger partial charge in [0.1, 0.15) is 10.6 Å². The standard InChI is InChI=1S/C20H15ClN2O5S/c1-11-16(13-4-3-5-14(21)10-13)17(20(25)28-2)19(29-11)22-18(24)12-6-8-15(9-7-12)23(26)27/h3-10H,1-2H3,(H,22,24). The maximum absolute atomic E-state index is 12.6. The number of esters is 1. The van der Waals surface area contributed by atoms with E-state index in [4.69, 9.17) is 16.3 Å². The highest BCUT2D eigenvalue weighted by atomic mass is 35.5. The minimum absolute atomic E-state index is 0.119. The van der Waals surface area contributed by atoms with E-state index in [0.717, 1.165) is 10.4 Å². The fourth-order valence-corrected chi connectivity index (χ4v) is 4.08. The van der Waals surface area contributed by atoms with Gasteiger partial charge in [0, 0.05) is 33.2 Å². The number of anilines is 1. The van der Waals surface area contributed by atoms with Crippen molar-refractivity contribution in [1.82, 2.24) is 0 Å². The van der Waals surface area contributed by atoms with Crippen molar-refractivity contribution in [2.75, 3.05) is 12.4 Å². The first-order valence-electron chi connectivity index (χ1n) is 8.35. The number of halogens is 1. The molecule has 0 aliphatic heterocycles. The number of amides is 1. The molecule has 3 rings (SSSR count). The van der Waals surface area contributed by atoms with Crippen molar-refractivity contribution in [3.8, 4) is 11.1 Å². The molecule has 0 aliphatic carbocycles. The lowest BCUT2D eigenvalue weighted by Gasteiger charge is -2.08. The van der Waals surface area contributed by atoms with Gasteiger partial charge in [-0.05, 0) is 36.8 Å². The molecule has 2 aromatic carbocycles. The summed E-state index contributed by atoms with van der Waals surface area (Å²) in [4.78, 5) is 36.1. The number of methoxy groups -OCH3 is 1. The molecule has 1 amide bonds. The van der Waals surface area contributed by atoms with Crippen molar-refractivity contribution in [3.05, 3.63) is 79.7 Å². The maximum Gasteiger partial charge on any atom is 0.341 e. The van der Waals surface area contributed by atoms with Crippen molar-refractivity contribution in [2.24, 2.45) is 0 Å². The molecule has 0 spiro atoms. The summed E-state index contributed by atoms with van der Waals surface area (Å²) >= 11 is 7.32. The van der Waals surface area contributed by atoms with E-state index in [2.05, 4.69) is 5.32 Å². The quantitative estimate of drug-likeness (QED) is 0.335. The Labute approximate surface area is 175 Å². The first kappa shape index (κ1) is 20.5. The first-order chi connectivity index (χ1) is 13.8. The van der Waals surface area contributed by atoms with Gasteiger partial charge in [-0.3, -0.25) is 14.9 Å². The molecule has 1 heterocycles. The van der Waals surface area contributed by atoms with Gasteiger partial charge in [-0.25, -0.2) is 4.79 Å². The molecule has 29 heavy (non-hydrogen) atoms. The smallest absolute Gasteiger partial charge is 0.341 e. The van der Waals surface area contributed by atoms with Gasteiger partial charge in [0.25, 0.3) is 11.6 Å². The summed E-state index contributed by atoms with van der Waals surface area (Å²) in [6.07, 6.45) is 0. The number of ether oxygens (including phenoxy) is 1. The number of benzene rings is 2. The van der Waals surface area contributed by atoms with E-state index in [1.165, 1.54) is 42.7 Å². The van der Waals surface area contributed by atoms with Crippen LogP contribution < -0.4 is 5.32 Å². The van der Waals surface area contributed by atoms with Crippen LogP contribution in [-0.2, 0) is 4.74 Å². The number of aryl methyl sites for hydroxylation is 1. The summed E-state index contributed by atoms with van der Waals surface area (Å²) in [7, 11) is 1.26. The fourth-order valence-electron chi connectivity index (χ4n) is 2.83. The maximum atomic E-state index is 12.6. The van der Waals surface area contributed by atoms with Gasteiger partial charge in [-0.2, -0.15) is 0 Å². The number of nitro groups is 1. The number of rotatable bonds is 5. The van der Waals surface area contributed by atoms with Gasteiger partial charge in [0.05, 0.1) is 12.0 Å². The number of carbonyl (C=O) groups excluding carboxylic acids is 2. The monoisotopic (exact) mass is 430 g/mol. The Kier molecular flexibility index (Phi) is 5.95. The Morgan fingerprint density at radius 1 is 1.17 bits per heavy atom. The number of nitrogens with one attached hydrogen (secondary N) is 1. The molecule has 1 N–H and O–H groups in total. The Hall–Kier alpha value is -3.23. The van der Waals surface area contributed by atoms with E-state index >= 15 is 0 Å². The minimum Gasteiger partial charge on any atom is -0.465 e. The van der Waals surface area contributed by atoms with Crippen LogP contribution in [0.1, 0.15) is 25.6 Å². The summed E-state index contributed by atoms with van der Waals surface area (Å²) in [5.41, 5.74) is 1.69. The zero-order valence-electron chi connectivity index (χ0n) is 15.4. The molecule has 7 nitrogen and oxygen atoms in total. The Morgan fingerprint density at radius 2 is 1.86 bits per heavy atom. The van der Waals surface area contributed by atoms with Crippen LogP contribution in [0.25, 0.3) is 11.1 Å². The number of nitro benzene ring substituents is 1. The summed E-state index contributed by atoms with van der Waals surface area (Å²) < 4.78 is 4.92. The average Bonchev–Trinajstić information content (AvgIpc) is 3.03. The molecule has 9 heteroatoms. The van der Waals surface area contributed by atoms with Gasteiger partial charge in [0.2, 0.25) is 0 Å². The van der Waals surface area contributed by atoms with Crippen LogP contribution in [-0.4, -0.2) is 23.9 Å². The molecule has 0 aliphatic rings. The molecular formula is C20H15ClN2O5S. The second-order valence-electron chi connectivity index (χ2n) is 6.00. The lowest BCUT2D eigenvalue weighted by molar-refractivity contribution is -0.384. The van der Waals surface area contributed by atoms with Crippen LogP contribution >= 0.6 is 22.9 Å².